The molecule has 0 bridgehead atoms. The van der Waals surface area contributed by atoms with Gasteiger partial charge in [-0.3, -0.25) is 4.79 Å². The lowest BCUT2D eigenvalue weighted by atomic mass is 10.2. The van der Waals surface area contributed by atoms with Gasteiger partial charge in [-0.1, -0.05) is 0 Å². The number of amides is 1. The number of ether oxygens (including phenoxy) is 3. The van der Waals surface area contributed by atoms with E-state index in [0.717, 1.165) is 5.56 Å². The van der Waals surface area contributed by atoms with E-state index in [9.17, 15) is 4.79 Å². The van der Waals surface area contributed by atoms with Crippen LogP contribution in [-0.2, 0) is 0 Å². The van der Waals surface area contributed by atoms with Crippen molar-refractivity contribution in [1.82, 2.24) is 4.98 Å². The van der Waals surface area contributed by atoms with Gasteiger partial charge in [-0.05, 0) is 70.5 Å². The molecule has 158 valence electrons. The highest BCUT2D eigenvalue weighted by Gasteiger charge is 2.14. The highest BCUT2D eigenvalue weighted by molar-refractivity contribution is 9.10. The van der Waals surface area contributed by atoms with Gasteiger partial charge < -0.3 is 23.9 Å². The zero-order chi connectivity index (χ0) is 22.0. The largest absolute Gasteiger partial charge is 0.496 e. The van der Waals surface area contributed by atoms with Crippen molar-refractivity contribution < 1.29 is 23.4 Å². The predicted molar refractivity (Wildman–Crippen MR) is 121 cm³/mol. The van der Waals surface area contributed by atoms with Crippen LogP contribution in [0.5, 0.6) is 17.2 Å². The van der Waals surface area contributed by atoms with Crippen LogP contribution in [0.3, 0.4) is 0 Å². The van der Waals surface area contributed by atoms with E-state index in [1.54, 1.807) is 69.9 Å². The number of benzene rings is 3. The fourth-order valence-electron chi connectivity index (χ4n) is 3.11. The Morgan fingerprint density at radius 3 is 2.35 bits per heavy atom. The lowest BCUT2D eigenvalue weighted by Gasteiger charge is -2.07. The molecule has 1 heterocycles. The van der Waals surface area contributed by atoms with Crippen LogP contribution in [0.1, 0.15) is 10.4 Å². The molecule has 4 aromatic rings. The van der Waals surface area contributed by atoms with Crippen LogP contribution in [0, 0.1) is 0 Å². The Kier molecular flexibility index (Phi) is 5.81. The molecule has 0 unspecified atom stereocenters. The fraction of sp³-hybridized carbons (Fsp3) is 0.130. The number of halogens is 1. The Hall–Kier alpha value is -3.52. The van der Waals surface area contributed by atoms with Crippen LogP contribution >= 0.6 is 15.9 Å². The molecule has 31 heavy (non-hydrogen) atoms. The Bertz CT molecular complexity index is 1270. The highest BCUT2D eigenvalue weighted by atomic mass is 79.9. The van der Waals surface area contributed by atoms with Gasteiger partial charge in [-0.2, -0.15) is 0 Å². The monoisotopic (exact) mass is 482 g/mol. The first kappa shape index (κ1) is 20.7. The van der Waals surface area contributed by atoms with Gasteiger partial charge in [-0.15, -0.1) is 0 Å². The molecule has 8 heteroatoms. The lowest BCUT2D eigenvalue weighted by molar-refractivity contribution is 0.102. The van der Waals surface area contributed by atoms with Gasteiger partial charge in [-0.25, -0.2) is 4.98 Å². The molecule has 0 radical (unpaired) electrons. The Morgan fingerprint density at radius 1 is 0.903 bits per heavy atom. The number of aromatic nitrogens is 1. The third-order valence-electron chi connectivity index (χ3n) is 4.69. The maximum atomic E-state index is 12.6. The number of carbonyl (C=O) groups is 1. The molecule has 0 aliphatic rings. The maximum Gasteiger partial charge on any atom is 0.255 e. The van der Waals surface area contributed by atoms with E-state index in [4.69, 9.17) is 18.6 Å². The molecule has 4 rings (SSSR count). The van der Waals surface area contributed by atoms with E-state index in [-0.39, 0.29) is 5.91 Å². The van der Waals surface area contributed by atoms with Crippen molar-refractivity contribution in [2.75, 3.05) is 26.6 Å². The number of nitrogens with one attached hydrogen (secondary N) is 1. The van der Waals surface area contributed by atoms with E-state index in [1.807, 2.05) is 6.07 Å². The van der Waals surface area contributed by atoms with Crippen molar-refractivity contribution in [3.63, 3.8) is 0 Å². The molecule has 1 amide bonds. The molecule has 0 saturated heterocycles. The van der Waals surface area contributed by atoms with Crippen LogP contribution in [-0.4, -0.2) is 32.2 Å². The quantitative estimate of drug-likeness (QED) is 0.388. The summed E-state index contributed by atoms with van der Waals surface area (Å²) in [6.07, 6.45) is 0. The first-order valence-electron chi connectivity index (χ1n) is 9.30. The standard InChI is InChI=1S/C23H19BrN2O5/c1-28-18-7-4-13(10-16(18)24)22(27)25-15-6-9-19-17(12-15)26-23(31-19)14-5-8-20(29-2)21(11-14)30-3/h4-12H,1-3H3,(H,25,27). The first-order valence-corrected chi connectivity index (χ1v) is 10.1. The van der Waals surface area contributed by atoms with E-state index >= 15 is 0 Å². The van der Waals surface area contributed by atoms with Crippen LogP contribution in [0.25, 0.3) is 22.6 Å². The number of fused-ring (bicyclic) bond motifs is 1. The summed E-state index contributed by atoms with van der Waals surface area (Å²) in [4.78, 5) is 17.2. The number of oxazole rings is 1. The summed E-state index contributed by atoms with van der Waals surface area (Å²) in [5, 5.41) is 2.88. The minimum absolute atomic E-state index is 0.244. The third kappa shape index (κ3) is 4.20. The van der Waals surface area contributed by atoms with Crippen LogP contribution < -0.4 is 19.5 Å². The van der Waals surface area contributed by atoms with Gasteiger partial charge in [0.25, 0.3) is 5.91 Å². The summed E-state index contributed by atoms with van der Waals surface area (Å²) >= 11 is 3.39. The van der Waals surface area contributed by atoms with E-state index < -0.39 is 0 Å². The summed E-state index contributed by atoms with van der Waals surface area (Å²) in [5.74, 6) is 2.06. The second-order valence-corrected chi connectivity index (χ2v) is 7.43. The van der Waals surface area contributed by atoms with Crippen LogP contribution in [0.15, 0.2) is 63.5 Å². The number of hydrogen-bond acceptors (Lipinski definition) is 6. The second kappa shape index (κ2) is 8.69. The van der Waals surface area contributed by atoms with Crippen molar-refractivity contribution in [2.45, 2.75) is 0 Å². The van der Waals surface area contributed by atoms with Crippen molar-refractivity contribution >= 4 is 38.6 Å². The summed E-state index contributed by atoms with van der Waals surface area (Å²) in [7, 11) is 4.73. The topological polar surface area (TPSA) is 82.8 Å². The van der Waals surface area contributed by atoms with Gasteiger partial charge >= 0.3 is 0 Å². The normalized spacial score (nSPS) is 10.7. The predicted octanol–water partition coefficient (Wildman–Crippen LogP) is 5.54. The summed E-state index contributed by atoms with van der Waals surface area (Å²) in [6.45, 7) is 0. The van der Waals surface area contributed by atoms with Crippen molar-refractivity contribution in [1.29, 1.82) is 0 Å². The number of carbonyl (C=O) groups excluding carboxylic acids is 1. The van der Waals surface area contributed by atoms with Crippen molar-refractivity contribution in [3.05, 3.63) is 64.6 Å². The minimum atomic E-state index is -0.244. The zero-order valence-corrected chi connectivity index (χ0v) is 18.6. The minimum Gasteiger partial charge on any atom is -0.496 e. The molecule has 0 aliphatic heterocycles. The zero-order valence-electron chi connectivity index (χ0n) is 17.1. The molecule has 1 N–H and O–H groups in total. The van der Waals surface area contributed by atoms with E-state index in [1.165, 1.54) is 0 Å². The molecule has 0 atom stereocenters. The molecular weight excluding hydrogens is 464 g/mol. The van der Waals surface area contributed by atoms with Gasteiger partial charge in [0.1, 0.15) is 11.3 Å². The van der Waals surface area contributed by atoms with E-state index in [2.05, 4.69) is 26.2 Å². The molecule has 1 aromatic heterocycles. The highest BCUT2D eigenvalue weighted by Crippen LogP contribution is 2.33. The molecule has 0 saturated carbocycles. The third-order valence-corrected chi connectivity index (χ3v) is 5.31. The number of anilines is 1. The Balaban J connectivity index is 1.59. The van der Waals surface area contributed by atoms with E-state index in [0.29, 0.717) is 50.0 Å². The molecule has 0 fully saturated rings. The smallest absolute Gasteiger partial charge is 0.255 e. The average Bonchev–Trinajstić information content (AvgIpc) is 3.22. The average molecular weight is 483 g/mol. The Morgan fingerprint density at radius 2 is 1.65 bits per heavy atom. The molecule has 0 spiro atoms. The maximum absolute atomic E-state index is 12.6. The summed E-state index contributed by atoms with van der Waals surface area (Å²) < 4.78 is 22.4. The van der Waals surface area contributed by atoms with Gasteiger partial charge in [0.2, 0.25) is 5.89 Å². The number of nitrogens with zero attached hydrogens (tertiary/aromatic N) is 1. The van der Waals surface area contributed by atoms with Crippen molar-refractivity contribution in [3.8, 4) is 28.7 Å². The van der Waals surface area contributed by atoms with Crippen LogP contribution in [0.2, 0.25) is 0 Å². The SMILES string of the molecule is COc1ccc(C(=O)Nc2ccc3oc(-c4ccc(OC)c(OC)c4)nc3c2)cc1Br. The molecular formula is C23H19BrN2O5. The van der Waals surface area contributed by atoms with Gasteiger partial charge in [0.05, 0.1) is 25.8 Å². The Labute approximate surface area is 187 Å². The molecule has 3 aromatic carbocycles. The number of rotatable bonds is 6. The van der Waals surface area contributed by atoms with Gasteiger partial charge in [0.15, 0.2) is 17.1 Å². The first-order chi connectivity index (χ1) is 15.0. The number of methoxy groups -OCH3 is 3. The number of hydrogen-bond donors (Lipinski definition) is 1. The fourth-order valence-corrected chi connectivity index (χ4v) is 3.65. The molecule has 0 aliphatic carbocycles. The van der Waals surface area contributed by atoms with Crippen molar-refractivity contribution in [2.24, 2.45) is 0 Å². The van der Waals surface area contributed by atoms with Gasteiger partial charge in [0, 0.05) is 16.8 Å². The van der Waals surface area contributed by atoms with Crippen LogP contribution in [0.4, 0.5) is 5.69 Å². The summed E-state index contributed by atoms with van der Waals surface area (Å²) in [5.41, 5.74) is 3.09. The second-order valence-electron chi connectivity index (χ2n) is 6.57. The lowest BCUT2D eigenvalue weighted by Crippen LogP contribution is -2.11. The summed E-state index contributed by atoms with van der Waals surface area (Å²) in [6, 6.07) is 15.9. The molecule has 7 nitrogen and oxygen atoms in total.